The van der Waals surface area contributed by atoms with E-state index in [1.54, 1.807) is 38.1 Å². The van der Waals surface area contributed by atoms with Crippen LogP contribution in [0, 0.1) is 5.82 Å². The number of amides is 1. The molecule has 0 fully saturated rings. The summed E-state index contributed by atoms with van der Waals surface area (Å²) in [5, 5.41) is 5.38. The second-order valence-electron chi connectivity index (χ2n) is 9.85. The Labute approximate surface area is 233 Å². The lowest BCUT2D eigenvalue weighted by molar-refractivity contribution is -0.137. The number of anilines is 3. The van der Waals surface area contributed by atoms with Gasteiger partial charge in [0.15, 0.2) is 5.82 Å². The zero-order chi connectivity index (χ0) is 29.8. The monoisotopic (exact) mass is 569 g/mol. The Morgan fingerprint density at radius 1 is 1.00 bits per heavy atom. The molecule has 214 valence electrons. The first kappa shape index (κ1) is 29.2. The van der Waals surface area contributed by atoms with Crippen molar-refractivity contribution in [3.63, 3.8) is 0 Å². The molecule has 0 aliphatic heterocycles. The highest BCUT2D eigenvalue weighted by Gasteiger charge is 2.32. The number of nitrogens with one attached hydrogen (secondary N) is 2. The summed E-state index contributed by atoms with van der Waals surface area (Å²) < 4.78 is 58.8. The largest absolute Gasteiger partial charge is 0.473 e. The molecule has 0 atom stereocenters. The van der Waals surface area contributed by atoms with Crippen LogP contribution in [0.1, 0.15) is 35.3 Å². The molecule has 0 saturated carbocycles. The number of pyridine rings is 1. The number of alkyl halides is 3. The third kappa shape index (κ3) is 7.88. The molecule has 4 aromatic rings. The number of rotatable bonds is 9. The molecule has 0 aliphatic rings. The Balaban J connectivity index is 1.50. The van der Waals surface area contributed by atoms with Gasteiger partial charge in [0.1, 0.15) is 18.2 Å². The van der Waals surface area contributed by atoms with E-state index in [1.807, 2.05) is 0 Å². The SMILES string of the molecule is CC(C)(N)COc1nc(-c2ccc(CNc3ncc(C(F)(F)F)cc3C(=O)Nc3ccc(F)cc3)cc2)cnc1N. The number of nitrogens with zero attached hydrogens (tertiary/aromatic N) is 3. The lowest BCUT2D eigenvalue weighted by atomic mass is 10.1. The standard InChI is InChI=1S/C28H27F4N7O2/c1-27(2,34)15-41-26-23(33)35-14-22(39-26)17-5-3-16(4-6-17)12-36-24-21(11-18(13-37-24)28(30,31)32)25(40)38-20-9-7-19(29)8-10-20/h3-11,13-14H,12,15,34H2,1-2H3,(H2,33,35)(H,36,37)(H,38,40). The van der Waals surface area contributed by atoms with Gasteiger partial charge in [-0.3, -0.25) is 4.79 Å². The molecule has 0 saturated heterocycles. The van der Waals surface area contributed by atoms with Crippen LogP contribution in [0.4, 0.5) is 34.9 Å². The maximum Gasteiger partial charge on any atom is 0.417 e. The maximum absolute atomic E-state index is 13.3. The number of carbonyl (C=O) groups excluding carboxylic acids is 1. The van der Waals surface area contributed by atoms with Crippen molar-refractivity contribution in [1.29, 1.82) is 0 Å². The van der Waals surface area contributed by atoms with Crippen molar-refractivity contribution >= 4 is 23.2 Å². The molecule has 13 heteroatoms. The van der Waals surface area contributed by atoms with Crippen LogP contribution in [0.2, 0.25) is 0 Å². The summed E-state index contributed by atoms with van der Waals surface area (Å²) in [6.45, 7) is 3.92. The van der Waals surface area contributed by atoms with E-state index >= 15 is 0 Å². The van der Waals surface area contributed by atoms with Gasteiger partial charge in [0, 0.05) is 29.5 Å². The van der Waals surface area contributed by atoms with Crippen molar-refractivity contribution in [2.75, 3.05) is 23.0 Å². The Kier molecular flexibility index (Phi) is 8.38. The second-order valence-corrected chi connectivity index (χ2v) is 9.85. The van der Waals surface area contributed by atoms with Gasteiger partial charge in [-0.05, 0) is 49.7 Å². The van der Waals surface area contributed by atoms with Crippen LogP contribution >= 0.6 is 0 Å². The zero-order valence-electron chi connectivity index (χ0n) is 22.1. The molecule has 6 N–H and O–H groups in total. The van der Waals surface area contributed by atoms with Crippen LogP contribution in [0.5, 0.6) is 5.88 Å². The third-order valence-corrected chi connectivity index (χ3v) is 5.62. The van der Waals surface area contributed by atoms with Gasteiger partial charge in [-0.2, -0.15) is 13.2 Å². The predicted octanol–water partition coefficient (Wildman–Crippen LogP) is 5.26. The molecule has 0 aliphatic carbocycles. The summed E-state index contributed by atoms with van der Waals surface area (Å²) in [5.74, 6) is -1.14. The van der Waals surface area contributed by atoms with Crippen LogP contribution in [0.25, 0.3) is 11.3 Å². The number of aromatic nitrogens is 3. The molecule has 2 aromatic heterocycles. The van der Waals surface area contributed by atoms with Crippen molar-refractivity contribution in [3.05, 3.63) is 89.5 Å². The Hall–Kier alpha value is -4.78. The van der Waals surface area contributed by atoms with Crippen LogP contribution in [0.15, 0.2) is 67.0 Å². The maximum atomic E-state index is 13.3. The average molecular weight is 570 g/mol. The molecule has 0 bridgehead atoms. The summed E-state index contributed by atoms with van der Waals surface area (Å²) in [5.41, 5.74) is 12.0. The highest BCUT2D eigenvalue weighted by atomic mass is 19.4. The van der Waals surface area contributed by atoms with Crippen LogP contribution in [-0.4, -0.2) is 33.0 Å². The second kappa shape index (κ2) is 11.8. The lowest BCUT2D eigenvalue weighted by Crippen LogP contribution is -2.39. The number of ether oxygens (including phenoxy) is 1. The summed E-state index contributed by atoms with van der Waals surface area (Å²) in [7, 11) is 0. The number of benzene rings is 2. The van der Waals surface area contributed by atoms with E-state index in [2.05, 4.69) is 25.6 Å². The van der Waals surface area contributed by atoms with E-state index in [1.165, 1.54) is 18.3 Å². The van der Waals surface area contributed by atoms with E-state index < -0.39 is 29.0 Å². The van der Waals surface area contributed by atoms with Gasteiger partial charge >= 0.3 is 6.18 Å². The summed E-state index contributed by atoms with van der Waals surface area (Å²) in [4.78, 5) is 25.3. The molecule has 0 spiro atoms. The highest BCUT2D eigenvalue weighted by molar-refractivity contribution is 6.07. The van der Waals surface area contributed by atoms with E-state index in [4.69, 9.17) is 16.2 Å². The minimum absolute atomic E-state index is 0.0595. The van der Waals surface area contributed by atoms with E-state index in [9.17, 15) is 22.4 Å². The fraction of sp³-hybridized carbons (Fsp3) is 0.214. The first-order chi connectivity index (χ1) is 19.3. The van der Waals surface area contributed by atoms with Gasteiger partial charge in [0.05, 0.1) is 23.0 Å². The van der Waals surface area contributed by atoms with Crippen molar-refractivity contribution in [2.24, 2.45) is 5.73 Å². The van der Waals surface area contributed by atoms with Gasteiger partial charge in [-0.1, -0.05) is 24.3 Å². The van der Waals surface area contributed by atoms with E-state index in [-0.39, 0.29) is 41.9 Å². The number of halogens is 4. The molecule has 4 rings (SSSR count). The lowest BCUT2D eigenvalue weighted by Gasteiger charge is -2.19. The van der Waals surface area contributed by atoms with Crippen LogP contribution in [0.3, 0.4) is 0 Å². The minimum atomic E-state index is -4.71. The molecular formula is C28H27F4N7O2. The minimum Gasteiger partial charge on any atom is -0.473 e. The fourth-order valence-corrected chi connectivity index (χ4v) is 3.53. The number of nitrogen functional groups attached to an aromatic ring is 1. The number of hydrogen-bond donors (Lipinski definition) is 4. The summed E-state index contributed by atoms with van der Waals surface area (Å²) in [6, 6.07) is 12.6. The molecule has 0 radical (unpaired) electrons. The molecule has 1 amide bonds. The van der Waals surface area contributed by atoms with Gasteiger partial charge in [-0.25, -0.2) is 19.3 Å². The fourth-order valence-electron chi connectivity index (χ4n) is 3.53. The van der Waals surface area contributed by atoms with Crippen molar-refractivity contribution in [1.82, 2.24) is 15.0 Å². The Morgan fingerprint density at radius 3 is 2.32 bits per heavy atom. The molecule has 41 heavy (non-hydrogen) atoms. The molecule has 9 nitrogen and oxygen atoms in total. The van der Waals surface area contributed by atoms with Gasteiger partial charge < -0.3 is 26.8 Å². The predicted molar refractivity (Wildman–Crippen MR) is 147 cm³/mol. The highest BCUT2D eigenvalue weighted by Crippen LogP contribution is 2.31. The van der Waals surface area contributed by atoms with E-state index in [0.29, 0.717) is 23.5 Å². The topological polar surface area (TPSA) is 141 Å². The zero-order valence-corrected chi connectivity index (χ0v) is 22.1. The normalized spacial score (nSPS) is 11.7. The average Bonchev–Trinajstić information content (AvgIpc) is 2.92. The quantitative estimate of drug-likeness (QED) is 0.200. The molecule has 2 heterocycles. The first-order valence-corrected chi connectivity index (χ1v) is 12.3. The smallest absolute Gasteiger partial charge is 0.417 e. The van der Waals surface area contributed by atoms with Crippen LogP contribution in [-0.2, 0) is 12.7 Å². The molecular weight excluding hydrogens is 542 g/mol. The third-order valence-electron chi connectivity index (χ3n) is 5.62. The Bertz CT molecular complexity index is 1520. The number of hydrogen-bond acceptors (Lipinski definition) is 8. The van der Waals surface area contributed by atoms with Gasteiger partial charge in [0.2, 0.25) is 0 Å². The molecule has 2 aromatic carbocycles. The van der Waals surface area contributed by atoms with Crippen molar-refractivity contribution in [2.45, 2.75) is 32.1 Å². The number of nitrogens with two attached hydrogens (primary N) is 2. The Morgan fingerprint density at radius 2 is 1.68 bits per heavy atom. The summed E-state index contributed by atoms with van der Waals surface area (Å²) >= 11 is 0. The first-order valence-electron chi connectivity index (χ1n) is 12.3. The van der Waals surface area contributed by atoms with Crippen molar-refractivity contribution in [3.8, 4) is 17.1 Å². The van der Waals surface area contributed by atoms with Gasteiger partial charge in [-0.15, -0.1) is 0 Å². The number of carbonyl (C=O) groups is 1. The van der Waals surface area contributed by atoms with Crippen molar-refractivity contribution < 1.29 is 27.1 Å². The van der Waals surface area contributed by atoms with Crippen LogP contribution < -0.4 is 26.8 Å². The summed E-state index contributed by atoms with van der Waals surface area (Å²) in [6.07, 6.45) is -2.56. The van der Waals surface area contributed by atoms with E-state index in [0.717, 1.165) is 17.7 Å². The van der Waals surface area contributed by atoms with Gasteiger partial charge in [0.25, 0.3) is 11.8 Å². The molecule has 0 unspecified atom stereocenters.